The van der Waals surface area contributed by atoms with Crippen molar-refractivity contribution >= 4 is 21.8 Å². The summed E-state index contributed by atoms with van der Waals surface area (Å²) in [7, 11) is 1.61. The van der Waals surface area contributed by atoms with Gasteiger partial charge in [0.05, 0.1) is 23.8 Å². The molecule has 0 spiro atoms. The molecule has 1 saturated heterocycles. The minimum atomic E-state index is -0.359. The van der Waals surface area contributed by atoms with Crippen molar-refractivity contribution in [3.05, 3.63) is 22.2 Å². The molecule has 2 fully saturated rings. The molecule has 0 aromatic heterocycles. The number of rotatable bonds is 5. The zero-order chi connectivity index (χ0) is 20.5. The molecule has 0 unspecified atom stereocenters. The summed E-state index contributed by atoms with van der Waals surface area (Å²) in [5, 5.41) is 14.0. The van der Waals surface area contributed by atoms with E-state index in [1.54, 1.807) is 13.2 Å². The van der Waals surface area contributed by atoms with Crippen LogP contribution in [0.25, 0.3) is 0 Å². The molecule has 0 bridgehead atoms. The summed E-state index contributed by atoms with van der Waals surface area (Å²) in [6, 6.07) is 3.58. The number of hydrogen-bond acceptors (Lipinski definition) is 4. The maximum absolute atomic E-state index is 12.5. The Morgan fingerprint density at radius 2 is 2.18 bits per heavy atom. The predicted molar refractivity (Wildman–Crippen MR) is 113 cm³/mol. The number of fused-ring (bicyclic) bond motifs is 1. The lowest BCUT2D eigenvalue weighted by Gasteiger charge is -2.52. The van der Waals surface area contributed by atoms with Crippen molar-refractivity contribution < 1.29 is 19.4 Å². The van der Waals surface area contributed by atoms with Crippen LogP contribution in [0.5, 0.6) is 11.5 Å². The van der Waals surface area contributed by atoms with Gasteiger partial charge in [0.15, 0.2) is 0 Å². The number of aromatic hydroxyl groups is 1. The van der Waals surface area contributed by atoms with Crippen molar-refractivity contribution in [2.24, 2.45) is 11.8 Å². The van der Waals surface area contributed by atoms with Crippen LogP contribution in [-0.4, -0.2) is 29.8 Å². The first-order valence-electron chi connectivity index (χ1n) is 10.3. The molecule has 2 N–H and O–H groups in total. The van der Waals surface area contributed by atoms with Crippen LogP contribution in [0, 0.1) is 11.8 Å². The smallest absolute Gasteiger partial charge is 0.220 e. The Labute approximate surface area is 176 Å². The first-order valence-corrected chi connectivity index (χ1v) is 11.1. The van der Waals surface area contributed by atoms with Gasteiger partial charge in [-0.1, -0.05) is 20.3 Å². The number of benzene rings is 1. The highest BCUT2D eigenvalue weighted by atomic mass is 79.9. The zero-order valence-corrected chi connectivity index (χ0v) is 18.8. The van der Waals surface area contributed by atoms with Crippen molar-refractivity contribution in [3.63, 3.8) is 0 Å². The van der Waals surface area contributed by atoms with Crippen LogP contribution in [0.1, 0.15) is 71.0 Å². The number of amides is 1. The zero-order valence-electron chi connectivity index (χ0n) is 17.3. The number of carbonyl (C=O) groups excluding carboxylic acids is 1. The van der Waals surface area contributed by atoms with E-state index in [0.29, 0.717) is 34.5 Å². The van der Waals surface area contributed by atoms with Crippen LogP contribution in [0.3, 0.4) is 0 Å². The van der Waals surface area contributed by atoms with Crippen LogP contribution < -0.4 is 10.1 Å². The van der Waals surface area contributed by atoms with Crippen molar-refractivity contribution in [2.75, 3.05) is 7.11 Å². The van der Waals surface area contributed by atoms with Crippen molar-refractivity contribution in [1.29, 1.82) is 0 Å². The second-order valence-corrected chi connectivity index (χ2v) is 9.51. The number of methoxy groups -OCH3 is 1. The molecule has 1 aromatic carbocycles. The summed E-state index contributed by atoms with van der Waals surface area (Å²) in [5.74, 6) is 1.83. The predicted octanol–water partition coefficient (Wildman–Crippen LogP) is 5.10. The lowest BCUT2D eigenvalue weighted by atomic mass is 9.66. The maximum Gasteiger partial charge on any atom is 0.220 e. The van der Waals surface area contributed by atoms with Gasteiger partial charge in [0, 0.05) is 29.9 Å². The van der Waals surface area contributed by atoms with Crippen LogP contribution in [-0.2, 0) is 9.53 Å². The van der Waals surface area contributed by atoms with Crippen LogP contribution in [0.2, 0.25) is 0 Å². The van der Waals surface area contributed by atoms with Gasteiger partial charge in [-0.05, 0) is 60.2 Å². The molecule has 1 aliphatic heterocycles. The number of nitrogens with one attached hydrogen (secondary N) is 1. The molecule has 6 heteroatoms. The Kier molecular flexibility index (Phi) is 6.60. The SMILES string of the molecule is CCCC(=O)N[C@]1(C)C[C@H](c2cc(OC)cc(Br)c2O)O[C@@H]2C[C@H](C)CC[C@H]21. The standard InChI is InChI=1S/C22H32BrNO4/c1-5-6-20(25)24-22(3)12-19(28-18-9-13(2)7-8-16(18)22)15-10-14(27-4)11-17(23)21(15)26/h10-11,13,16,18-19,26H,5-9,12H2,1-4H3,(H,24,25)/t13-,16-,18-,19-,22-/m1/s1. The number of ether oxygens (including phenoxy) is 2. The van der Waals surface area contributed by atoms with Gasteiger partial charge >= 0.3 is 0 Å². The first-order chi connectivity index (χ1) is 13.3. The molecule has 1 amide bonds. The van der Waals surface area contributed by atoms with E-state index in [-0.39, 0.29) is 35.3 Å². The van der Waals surface area contributed by atoms with Crippen LogP contribution in [0.15, 0.2) is 16.6 Å². The number of carbonyl (C=O) groups is 1. The van der Waals surface area contributed by atoms with Crippen molar-refractivity contribution in [2.45, 2.75) is 77.0 Å². The van der Waals surface area contributed by atoms with E-state index in [2.05, 4.69) is 35.1 Å². The molecular formula is C22H32BrNO4. The monoisotopic (exact) mass is 453 g/mol. The Morgan fingerprint density at radius 3 is 2.86 bits per heavy atom. The average Bonchev–Trinajstić information content (AvgIpc) is 2.63. The van der Waals surface area contributed by atoms with Crippen molar-refractivity contribution in [1.82, 2.24) is 5.32 Å². The number of phenols is 1. The second kappa shape index (κ2) is 8.62. The highest BCUT2D eigenvalue weighted by molar-refractivity contribution is 9.10. The fraction of sp³-hybridized carbons (Fsp3) is 0.682. The quantitative estimate of drug-likeness (QED) is 0.649. The van der Waals surface area contributed by atoms with Gasteiger partial charge in [0.2, 0.25) is 5.91 Å². The van der Waals surface area contributed by atoms with E-state index in [9.17, 15) is 9.90 Å². The average molecular weight is 454 g/mol. The van der Waals surface area contributed by atoms with Gasteiger partial charge in [0.1, 0.15) is 11.5 Å². The largest absolute Gasteiger partial charge is 0.506 e. The van der Waals surface area contributed by atoms with Gasteiger partial charge < -0.3 is 19.9 Å². The van der Waals surface area contributed by atoms with Gasteiger partial charge in [0.25, 0.3) is 0 Å². The van der Waals surface area contributed by atoms with Gasteiger partial charge in [-0.25, -0.2) is 0 Å². The summed E-state index contributed by atoms with van der Waals surface area (Å²) in [5.41, 5.74) is 0.348. The topological polar surface area (TPSA) is 67.8 Å². The lowest BCUT2D eigenvalue weighted by Crippen LogP contribution is -2.60. The molecule has 3 rings (SSSR count). The second-order valence-electron chi connectivity index (χ2n) is 8.65. The van der Waals surface area contributed by atoms with E-state index in [0.717, 1.165) is 25.7 Å². The molecular weight excluding hydrogens is 422 g/mol. The Balaban J connectivity index is 1.95. The van der Waals surface area contributed by atoms with Gasteiger partial charge in [-0.3, -0.25) is 4.79 Å². The molecule has 28 heavy (non-hydrogen) atoms. The normalized spacial score (nSPS) is 32.5. The van der Waals surface area contributed by atoms with E-state index in [4.69, 9.17) is 9.47 Å². The Hall–Kier alpha value is -1.27. The third kappa shape index (κ3) is 4.33. The van der Waals surface area contributed by atoms with E-state index >= 15 is 0 Å². The van der Waals surface area contributed by atoms with Crippen molar-refractivity contribution in [3.8, 4) is 11.5 Å². The minimum absolute atomic E-state index is 0.0683. The lowest BCUT2D eigenvalue weighted by molar-refractivity contribution is -0.154. The fourth-order valence-corrected chi connectivity index (χ4v) is 5.35. The van der Waals surface area contributed by atoms with E-state index < -0.39 is 0 Å². The highest BCUT2D eigenvalue weighted by Crippen LogP contribution is 2.50. The molecule has 1 aliphatic carbocycles. The highest BCUT2D eigenvalue weighted by Gasteiger charge is 2.49. The molecule has 1 heterocycles. The maximum atomic E-state index is 12.5. The molecule has 2 aliphatic rings. The van der Waals surface area contributed by atoms with Crippen LogP contribution in [0.4, 0.5) is 0 Å². The minimum Gasteiger partial charge on any atom is -0.506 e. The first kappa shape index (κ1) is 21.4. The van der Waals surface area contributed by atoms with Gasteiger partial charge in [-0.2, -0.15) is 0 Å². The summed E-state index contributed by atoms with van der Waals surface area (Å²) in [4.78, 5) is 12.5. The fourth-order valence-electron chi connectivity index (χ4n) is 4.90. The van der Waals surface area contributed by atoms with Crippen LogP contribution >= 0.6 is 15.9 Å². The third-order valence-corrected chi connectivity index (χ3v) is 6.98. The summed E-state index contributed by atoms with van der Waals surface area (Å²) in [6.07, 6.45) is 4.95. The van der Waals surface area contributed by atoms with E-state index in [1.807, 2.05) is 13.0 Å². The molecule has 0 radical (unpaired) electrons. The molecule has 1 aromatic rings. The molecule has 1 saturated carbocycles. The molecule has 5 atom stereocenters. The van der Waals surface area contributed by atoms with E-state index in [1.165, 1.54) is 0 Å². The number of halogens is 1. The summed E-state index contributed by atoms with van der Waals surface area (Å²) in [6.45, 7) is 6.43. The Bertz CT molecular complexity index is 725. The molecule has 5 nitrogen and oxygen atoms in total. The number of phenolic OH excluding ortho intramolecular Hbond substituents is 1. The summed E-state index contributed by atoms with van der Waals surface area (Å²) < 4.78 is 12.5. The van der Waals surface area contributed by atoms with Gasteiger partial charge in [-0.15, -0.1) is 0 Å². The summed E-state index contributed by atoms with van der Waals surface area (Å²) >= 11 is 3.42. The Morgan fingerprint density at radius 1 is 1.43 bits per heavy atom. The number of hydrogen-bond donors (Lipinski definition) is 2. The molecule has 156 valence electrons. The third-order valence-electron chi connectivity index (χ3n) is 6.37.